The van der Waals surface area contributed by atoms with E-state index in [9.17, 15) is 9.90 Å². The number of benzene rings is 2. The zero-order valence-corrected chi connectivity index (χ0v) is 30.5. The molecule has 1 saturated carbocycles. The number of aliphatic hydroxyl groups is 1. The third-order valence-corrected chi connectivity index (χ3v) is 10.4. The summed E-state index contributed by atoms with van der Waals surface area (Å²) in [6.07, 6.45) is 6.40. The Morgan fingerprint density at radius 2 is 1.98 bits per heavy atom. The van der Waals surface area contributed by atoms with Gasteiger partial charge in [-0.2, -0.15) is 5.06 Å². The van der Waals surface area contributed by atoms with Crippen molar-refractivity contribution < 1.29 is 19.5 Å². The van der Waals surface area contributed by atoms with E-state index in [1.165, 1.54) is 5.56 Å². The second-order valence-electron chi connectivity index (χ2n) is 15.2. The van der Waals surface area contributed by atoms with Crippen molar-refractivity contribution in [2.75, 3.05) is 39.2 Å². The molecule has 7 atom stereocenters. The molecule has 0 spiro atoms. The van der Waals surface area contributed by atoms with Gasteiger partial charge in [0, 0.05) is 61.9 Å². The summed E-state index contributed by atoms with van der Waals surface area (Å²) in [5.41, 5.74) is 11.3. The number of nitrogens with one attached hydrogen (secondary N) is 2. The first-order valence-electron chi connectivity index (χ1n) is 17.5. The molecule has 9 heteroatoms. The number of methoxy groups -OCH3 is 1. The van der Waals surface area contributed by atoms with Crippen LogP contribution in [0.2, 0.25) is 0 Å². The van der Waals surface area contributed by atoms with Gasteiger partial charge in [0.15, 0.2) is 0 Å². The number of hydrogen-bond donors (Lipinski definition) is 4. The molecule has 2 aromatic rings. The van der Waals surface area contributed by atoms with Gasteiger partial charge in [0.2, 0.25) is 5.91 Å². The molecule has 4 rings (SSSR count). The Bertz CT molecular complexity index is 1430. The maximum absolute atomic E-state index is 14.2. The molecule has 1 amide bonds. The van der Waals surface area contributed by atoms with Crippen molar-refractivity contribution in [3.63, 3.8) is 0 Å². The van der Waals surface area contributed by atoms with Crippen LogP contribution in [0.3, 0.4) is 0 Å². The number of ether oxygens (including phenoxy) is 1. The van der Waals surface area contributed by atoms with Gasteiger partial charge >= 0.3 is 0 Å². The van der Waals surface area contributed by atoms with E-state index in [-0.39, 0.29) is 42.3 Å². The highest BCUT2D eigenvalue weighted by Gasteiger charge is 2.50. The van der Waals surface area contributed by atoms with Crippen LogP contribution in [0, 0.1) is 41.4 Å². The van der Waals surface area contributed by atoms with Gasteiger partial charge in [0.25, 0.3) is 0 Å². The minimum Gasteiger partial charge on any atom is -0.496 e. The highest BCUT2D eigenvalue weighted by molar-refractivity contribution is 5.83. The lowest BCUT2D eigenvalue weighted by molar-refractivity contribution is -0.174. The van der Waals surface area contributed by atoms with E-state index in [0.717, 1.165) is 48.3 Å². The number of aliphatic hydroxyl groups excluding tert-OH is 1. The number of carbonyl (C=O) groups excluding carboxylic acids is 1. The summed E-state index contributed by atoms with van der Waals surface area (Å²) in [6.45, 7) is 14.8. The number of anilines is 1. The monoisotopic (exact) mass is 661 g/mol. The number of nitrogens with zero attached hydrogens (tertiary/aromatic N) is 2. The number of amides is 1. The fourth-order valence-corrected chi connectivity index (χ4v) is 7.70. The molecule has 9 nitrogen and oxygen atoms in total. The van der Waals surface area contributed by atoms with Crippen molar-refractivity contribution in [2.24, 2.45) is 34.8 Å². The SMILES string of the molecule is C#C[C@H]1[C@H](C)[C@@H](NC(=O)[C@@H]2[C@H]([C@H](C)O)[C@H](CN)ON2Cc2cccc(-c3cc(CNCC(C)C)cc(N(C)C)c3)c2OC)CCC1(C)C. The largest absolute Gasteiger partial charge is 0.496 e. The standard InChI is InChI=1S/C39H59N5O4/c1-11-32-25(4)33(15-16-39(32,6)7)42-38(46)36-35(26(5)45)34(20-40)48-44(36)23-28-13-12-14-31(37(28)47-10)29-17-27(22-41-21-24(2)3)18-30(19-29)43(8)9/h1,12-14,17-19,24-26,32-36,41,45H,15-16,20-23,40H2,2-10H3,(H,42,46)/t25-,26-,32-,33-,34-,35+,36-/m0/s1. The van der Waals surface area contributed by atoms with Crippen molar-refractivity contribution in [3.8, 4) is 29.2 Å². The minimum atomic E-state index is -0.815. The fraction of sp³-hybridized carbons (Fsp3) is 0.615. The zero-order valence-electron chi connectivity index (χ0n) is 30.5. The van der Waals surface area contributed by atoms with E-state index in [4.69, 9.17) is 21.7 Å². The van der Waals surface area contributed by atoms with Gasteiger partial charge in [-0.25, -0.2) is 0 Å². The lowest BCUT2D eigenvalue weighted by Crippen LogP contribution is -2.55. The van der Waals surface area contributed by atoms with E-state index >= 15 is 0 Å². The molecule has 1 aliphatic heterocycles. The Balaban J connectivity index is 1.67. The van der Waals surface area contributed by atoms with Gasteiger partial charge in [-0.1, -0.05) is 52.8 Å². The molecule has 2 aromatic carbocycles. The molecule has 48 heavy (non-hydrogen) atoms. The number of hydroxylamine groups is 2. The van der Waals surface area contributed by atoms with Crippen LogP contribution >= 0.6 is 0 Å². The van der Waals surface area contributed by atoms with E-state index in [0.29, 0.717) is 11.7 Å². The Kier molecular flexibility index (Phi) is 12.6. The van der Waals surface area contributed by atoms with Crippen molar-refractivity contribution in [2.45, 2.75) is 91.8 Å². The predicted octanol–water partition coefficient (Wildman–Crippen LogP) is 4.80. The van der Waals surface area contributed by atoms with Crippen LogP contribution in [0.25, 0.3) is 11.1 Å². The molecule has 0 aromatic heterocycles. The minimum absolute atomic E-state index is 0.00365. The van der Waals surface area contributed by atoms with E-state index < -0.39 is 24.2 Å². The number of terminal acetylenes is 1. The lowest BCUT2D eigenvalue weighted by atomic mass is 9.62. The fourth-order valence-electron chi connectivity index (χ4n) is 7.70. The summed E-state index contributed by atoms with van der Waals surface area (Å²) in [4.78, 5) is 22.7. The molecule has 0 unspecified atom stereocenters. The van der Waals surface area contributed by atoms with E-state index in [1.54, 1.807) is 19.1 Å². The molecule has 0 radical (unpaired) electrons. The Morgan fingerprint density at radius 3 is 2.58 bits per heavy atom. The van der Waals surface area contributed by atoms with Crippen molar-refractivity contribution in [1.82, 2.24) is 15.7 Å². The number of rotatable bonds is 13. The third-order valence-electron chi connectivity index (χ3n) is 10.4. The Hall–Kier alpha value is -3.13. The van der Waals surface area contributed by atoms with Crippen LogP contribution in [-0.4, -0.2) is 74.7 Å². The van der Waals surface area contributed by atoms with Gasteiger partial charge in [-0.3, -0.25) is 9.63 Å². The average Bonchev–Trinajstić information content (AvgIpc) is 3.40. The van der Waals surface area contributed by atoms with E-state index in [1.807, 2.05) is 26.2 Å². The first-order chi connectivity index (χ1) is 22.7. The molecule has 264 valence electrons. The molecule has 2 fully saturated rings. The lowest BCUT2D eigenvalue weighted by Gasteiger charge is -2.45. The molecule has 1 saturated heterocycles. The molecule has 2 aliphatic rings. The van der Waals surface area contributed by atoms with Crippen LogP contribution < -0.4 is 26.0 Å². The van der Waals surface area contributed by atoms with Crippen LogP contribution in [-0.2, 0) is 22.7 Å². The van der Waals surface area contributed by atoms with Gasteiger partial charge in [-0.05, 0) is 72.9 Å². The van der Waals surface area contributed by atoms with Crippen LogP contribution in [0.15, 0.2) is 36.4 Å². The second-order valence-corrected chi connectivity index (χ2v) is 15.2. The van der Waals surface area contributed by atoms with Crippen molar-refractivity contribution >= 4 is 11.6 Å². The maximum atomic E-state index is 14.2. The summed E-state index contributed by atoms with van der Waals surface area (Å²) in [5, 5.41) is 19.5. The van der Waals surface area contributed by atoms with Crippen LogP contribution in [0.4, 0.5) is 5.69 Å². The smallest absolute Gasteiger partial charge is 0.240 e. The highest BCUT2D eigenvalue weighted by Crippen LogP contribution is 2.44. The van der Waals surface area contributed by atoms with E-state index in [2.05, 4.69) is 80.3 Å². The van der Waals surface area contributed by atoms with Crippen molar-refractivity contribution in [3.05, 3.63) is 47.5 Å². The third kappa shape index (κ3) is 8.35. The topological polar surface area (TPSA) is 112 Å². The second kappa shape index (κ2) is 16.1. The quantitative estimate of drug-likeness (QED) is 0.227. The summed E-state index contributed by atoms with van der Waals surface area (Å²) < 4.78 is 6.09. The molecular weight excluding hydrogens is 602 g/mol. The molecule has 5 N–H and O–H groups in total. The van der Waals surface area contributed by atoms with Gasteiger partial charge < -0.3 is 31.1 Å². The summed E-state index contributed by atoms with van der Waals surface area (Å²) in [5.74, 6) is 3.72. The number of hydrogen-bond acceptors (Lipinski definition) is 8. The van der Waals surface area contributed by atoms with Gasteiger partial charge in [-0.15, -0.1) is 12.3 Å². The number of para-hydroxylation sites is 1. The molecule has 0 bridgehead atoms. The predicted molar refractivity (Wildman–Crippen MR) is 194 cm³/mol. The van der Waals surface area contributed by atoms with Gasteiger partial charge in [0.1, 0.15) is 11.8 Å². The summed E-state index contributed by atoms with van der Waals surface area (Å²) in [7, 11) is 5.76. The molecule has 1 aliphatic carbocycles. The average molecular weight is 662 g/mol. The maximum Gasteiger partial charge on any atom is 0.240 e. The Morgan fingerprint density at radius 1 is 1.25 bits per heavy atom. The molecule has 1 heterocycles. The summed E-state index contributed by atoms with van der Waals surface area (Å²) in [6, 6.07) is 11.8. The number of carbonyl (C=O) groups is 1. The molecular formula is C39H59N5O4. The highest BCUT2D eigenvalue weighted by atomic mass is 16.7. The first kappa shape index (κ1) is 37.7. The summed E-state index contributed by atoms with van der Waals surface area (Å²) >= 11 is 0. The Labute approximate surface area is 288 Å². The van der Waals surface area contributed by atoms with Gasteiger partial charge in [0.05, 0.1) is 25.9 Å². The van der Waals surface area contributed by atoms with Crippen molar-refractivity contribution in [1.29, 1.82) is 0 Å². The van der Waals surface area contributed by atoms with Crippen LogP contribution in [0.5, 0.6) is 5.75 Å². The first-order valence-corrected chi connectivity index (χ1v) is 17.5. The number of nitrogens with two attached hydrogens (primary N) is 1. The van der Waals surface area contributed by atoms with Crippen LogP contribution in [0.1, 0.15) is 65.5 Å². The normalized spacial score (nSPS) is 26.2. The zero-order chi connectivity index (χ0) is 35.3.